The maximum atomic E-state index is 11.7. The fourth-order valence-electron chi connectivity index (χ4n) is 2.21. The van der Waals surface area contributed by atoms with Crippen LogP contribution in [0.5, 0.6) is 5.75 Å². The molecular weight excluding hydrogens is 302 g/mol. The summed E-state index contributed by atoms with van der Waals surface area (Å²) in [6.45, 7) is 6.80. The molecule has 1 atom stereocenters. The van der Waals surface area contributed by atoms with E-state index in [2.05, 4.69) is 10.3 Å². The van der Waals surface area contributed by atoms with Gasteiger partial charge in [-0.05, 0) is 42.7 Å². The van der Waals surface area contributed by atoms with Gasteiger partial charge in [0.2, 0.25) is 5.91 Å². The third-order valence-electron chi connectivity index (χ3n) is 4.36. The van der Waals surface area contributed by atoms with E-state index in [1.165, 1.54) is 0 Å². The molecule has 1 aromatic carbocycles. The third-order valence-corrected chi connectivity index (χ3v) is 4.36. The molecule has 0 aliphatic rings. The molecule has 24 heavy (non-hydrogen) atoms. The van der Waals surface area contributed by atoms with Crippen LogP contribution in [0.2, 0.25) is 0 Å². The molecule has 0 fully saturated rings. The van der Waals surface area contributed by atoms with Crippen LogP contribution in [0, 0.1) is 5.92 Å². The van der Waals surface area contributed by atoms with Gasteiger partial charge in [0.05, 0.1) is 11.2 Å². The zero-order chi connectivity index (χ0) is 17.6. The van der Waals surface area contributed by atoms with Crippen molar-refractivity contribution in [2.24, 2.45) is 11.7 Å². The topological polar surface area (TPSA) is 77.2 Å². The summed E-state index contributed by atoms with van der Waals surface area (Å²) in [6, 6.07) is 13.5. The summed E-state index contributed by atoms with van der Waals surface area (Å²) >= 11 is 0. The van der Waals surface area contributed by atoms with E-state index in [9.17, 15) is 4.79 Å². The van der Waals surface area contributed by atoms with Gasteiger partial charge in [0.15, 0.2) is 0 Å². The first-order chi connectivity index (χ1) is 11.4. The van der Waals surface area contributed by atoms with Crippen LogP contribution in [0.25, 0.3) is 0 Å². The lowest BCUT2D eigenvalue weighted by Gasteiger charge is -2.31. The molecular formula is C19H25N3O2. The molecule has 0 saturated heterocycles. The van der Waals surface area contributed by atoms with Crippen LogP contribution < -0.4 is 15.8 Å². The average Bonchev–Trinajstić information content (AvgIpc) is 2.59. The molecule has 3 N–H and O–H groups in total. The van der Waals surface area contributed by atoms with Gasteiger partial charge >= 0.3 is 0 Å². The highest BCUT2D eigenvalue weighted by atomic mass is 16.5. The van der Waals surface area contributed by atoms with E-state index in [-0.39, 0.29) is 11.8 Å². The molecule has 0 bridgehead atoms. The first kappa shape index (κ1) is 17.9. The predicted octanol–water partition coefficient (Wildman–Crippen LogP) is 2.65. The Morgan fingerprint density at radius 1 is 1.25 bits per heavy atom. The Balaban J connectivity index is 1.91. The zero-order valence-electron chi connectivity index (χ0n) is 14.5. The average molecular weight is 327 g/mol. The van der Waals surface area contributed by atoms with E-state index in [0.29, 0.717) is 13.2 Å². The summed E-state index contributed by atoms with van der Waals surface area (Å²) in [7, 11) is 0. The summed E-state index contributed by atoms with van der Waals surface area (Å²) in [5.41, 5.74) is 6.75. The van der Waals surface area contributed by atoms with Gasteiger partial charge < -0.3 is 10.5 Å². The molecule has 0 aliphatic carbocycles. The Kier molecular flexibility index (Phi) is 5.93. The largest absolute Gasteiger partial charge is 0.487 e. The number of nitrogens with zero attached hydrogens (tertiary/aromatic N) is 1. The lowest BCUT2D eigenvalue weighted by molar-refractivity contribution is -0.125. The van der Waals surface area contributed by atoms with Crippen LogP contribution in [-0.2, 0) is 17.9 Å². The van der Waals surface area contributed by atoms with E-state index in [0.717, 1.165) is 17.0 Å². The lowest BCUT2D eigenvalue weighted by atomic mass is 9.87. The fourth-order valence-corrected chi connectivity index (χ4v) is 2.21. The Bertz CT molecular complexity index is 656. The van der Waals surface area contributed by atoms with Crippen molar-refractivity contribution in [3.63, 3.8) is 0 Å². The number of rotatable bonds is 8. The number of benzene rings is 1. The number of aromatic nitrogens is 1. The number of primary amides is 1. The highest BCUT2D eigenvalue weighted by molar-refractivity contribution is 5.84. The molecule has 0 radical (unpaired) electrons. The van der Waals surface area contributed by atoms with Crippen molar-refractivity contribution < 1.29 is 9.53 Å². The summed E-state index contributed by atoms with van der Waals surface area (Å²) in [6.07, 6.45) is 1.75. The smallest absolute Gasteiger partial charge is 0.237 e. The minimum Gasteiger partial charge on any atom is -0.487 e. The molecule has 5 heteroatoms. The molecule has 0 spiro atoms. The molecule has 1 aromatic heterocycles. The second kappa shape index (κ2) is 7.93. The molecule has 128 valence electrons. The van der Waals surface area contributed by atoms with Crippen molar-refractivity contribution >= 4 is 5.91 Å². The maximum Gasteiger partial charge on any atom is 0.237 e. The van der Waals surface area contributed by atoms with Gasteiger partial charge in [-0.3, -0.25) is 15.1 Å². The molecule has 2 aromatic rings. The number of hydrogen-bond donors (Lipinski definition) is 2. The molecule has 0 unspecified atom stereocenters. The van der Waals surface area contributed by atoms with Crippen LogP contribution in [0.3, 0.4) is 0 Å². The summed E-state index contributed by atoms with van der Waals surface area (Å²) in [5.74, 6) is 0.551. The monoisotopic (exact) mass is 327 g/mol. The molecule has 2 rings (SSSR count). The zero-order valence-corrected chi connectivity index (χ0v) is 14.5. The van der Waals surface area contributed by atoms with Crippen LogP contribution >= 0.6 is 0 Å². The van der Waals surface area contributed by atoms with Crippen molar-refractivity contribution in [3.8, 4) is 5.75 Å². The van der Waals surface area contributed by atoms with Gasteiger partial charge in [-0.2, -0.15) is 0 Å². The van der Waals surface area contributed by atoms with Gasteiger partial charge in [-0.15, -0.1) is 0 Å². The van der Waals surface area contributed by atoms with Crippen LogP contribution in [0.4, 0.5) is 0 Å². The van der Waals surface area contributed by atoms with Crippen molar-refractivity contribution in [1.82, 2.24) is 10.3 Å². The number of carbonyl (C=O) groups excluding carboxylic acids is 1. The van der Waals surface area contributed by atoms with Crippen LogP contribution in [0.15, 0.2) is 48.7 Å². The Hall–Kier alpha value is -2.40. The van der Waals surface area contributed by atoms with Gasteiger partial charge in [-0.25, -0.2) is 0 Å². The highest BCUT2D eigenvalue weighted by Crippen LogP contribution is 2.18. The molecule has 0 saturated carbocycles. The van der Waals surface area contributed by atoms with E-state index in [1.54, 1.807) is 6.20 Å². The molecule has 1 heterocycles. The second-order valence-electron chi connectivity index (χ2n) is 6.33. The van der Waals surface area contributed by atoms with Crippen molar-refractivity contribution in [3.05, 3.63) is 59.9 Å². The van der Waals surface area contributed by atoms with E-state index in [1.807, 2.05) is 63.2 Å². The molecule has 0 aliphatic heterocycles. The van der Waals surface area contributed by atoms with Gasteiger partial charge in [0.1, 0.15) is 12.4 Å². The van der Waals surface area contributed by atoms with E-state index < -0.39 is 5.54 Å². The SMILES string of the molecule is CC(C)[C@@](C)(NCc1ccc(OCc2ccccn2)cc1)C(N)=O. The number of hydrogen-bond acceptors (Lipinski definition) is 4. The Morgan fingerprint density at radius 2 is 1.96 bits per heavy atom. The second-order valence-corrected chi connectivity index (χ2v) is 6.33. The third kappa shape index (κ3) is 4.55. The number of pyridine rings is 1. The summed E-state index contributed by atoms with van der Waals surface area (Å²) < 4.78 is 5.71. The van der Waals surface area contributed by atoms with E-state index >= 15 is 0 Å². The number of ether oxygens (including phenoxy) is 1. The predicted molar refractivity (Wildman–Crippen MR) is 94.3 cm³/mol. The van der Waals surface area contributed by atoms with Crippen LogP contribution in [-0.4, -0.2) is 16.4 Å². The number of amides is 1. The quantitative estimate of drug-likeness (QED) is 0.781. The minimum absolute atomic E-state index is 0.107. The van der Waals surface area contributed by atoms with Gasteiger partial charge in [-0.1, -0.05) is 32.0 Å². The van der Waals surface area contributed by atoms with Crippen molar-refractivity contribution in [1.29, 1.82) is 0 Å². The number of nitrogens with one attached hydrogen (secondary N) is 1. The first-order valence-electron chi connectivity index (χ1n) is 8.08. The van der Waals surface area contributed by atoms with Gasteiger partial charge in [0, 0.05) is 12.7 Å². The van der Waals surface area contributed by atoms with E-state index in [4.69, 9.17) is 10.5 Å². The van der Waals surface area contributed by atoms with Crippen molar-refractivity contribution in [2.45, 2.75) is 39.5 Å². The molecule has 1 amide bonds. The fraction of sp³-hybridized carbons (Fsp3) is 0.368. The van der Waals surface area contributed by atoms with Crippen LogP contribution in [0.1, 0.15) is 32.0 Å². The highest BCUT2D eigenvalue weighted by Gasteiger charge is 2.33. The number of carbonyl (C=O) groups is 1. The first-order valence-corrected chi connectivity index (χ1v) is 8.08. The normalized spacial score (nSPS) is 13.5. The molecule has 5 nitrogen and oxygen atoms in total. The standard InChI is InChI=1S/C19H25N3O2/c1-14(2)19(3,18(20)23)22-12-15-7-9-17(10-8-15)24-13-16-6-4-5-11-21-16/h4-11,14,22H,12-13H2,1-3H3,(H2,20,23)/t19-/m1/s1. The Labute approximate surface area is 143 Å². The Morgan fingerprint density at radius 3 is 2.50 bits per heavy atom. The van der Waals surface area contributed by atoms with Crippen molar-refractivity contribution in [2.75, 3.05) is 0 Å². The maximum absolute atomic E-state index is 11.7. The summed E-state index contributed by atoms with van der Waals surface area (Å²) in [5, 5.41) is 3.26. The minimum atomic E-state index is -0.728. The number of nitrogens with two attached hydrogens (primary N) is 1. The lowest BCUT2D eigenvalue weighted by Crippen LogP contribution is -2.56. The van der Waals surface area contributed by atoms with Gasteiger partial charge in [0.25, 0.3) is 0 Å². The summed E-state index contributed by atoms with van der Waals surface area (Å²) in [4.78, 5) is 15.9.